The highest BCUT2D eigenvalue weighted by atomic mass is 15.7. The van der Waals surface area contributed by atoms with Crippen LogP contribution in [-0.2, 0) is 11.8 Å². The van der Waals surface area contributed by atoms with E-state index in [1.807, 2.05) is 5.01 Å². The number of nitrogens with one attached hydrogen (secondary N) is 1. The Bertz CT molecular complexity index is 2170. The van der Waals surface area contributed by atoms with Gasteiger partial charge in [0.15, 0.2) is 0 Å². The lowest BCUT2D eigenvalue weighted by molar-refractivity contribution is 0.0153. The smallest absolute Gasteiger partial charge is 0.0903 e. The first-order valence-corrected chi connectivity index (χ1v) is 14.0. The molecule has 1 saturated heterocycles. The van der Waals surface area contributed by atoms with Crippen LogP contribution in [0, 0.1) is 11.4 Å². The zero-order valence-corrected chi connectivity index (χ0v) is 25.1. The van der Waals surface area contributed by atoms with E-state index in [1.54, 1.807) is 0 Å². The van der Waals surface area contributed by atoms with Gasteiger partial charge in [0.05, 0.1) is 11.7 Å². The van der Waals surface area contributed by atoms with Gasteiger partial charge in [-0.25, -0.2) is 5.01 Å². The summed E-state index contributed by atoms with van der Waals surface area (Å²) < 4.78 is 0. The number of nitrogens with zero attached hydrogens (tertiary/aromatic N) is 16. The Hall–Kier alpha value is -7.52. The number of allylic oxidation sites excluding steroid dienone is 1. The molecule has 1 N–H and O–H groups in total. The zero-order valence-electron chi connectivity index (χ0n) is 25.1. The maximum absolute atomic E-state index is 6.37. The van der Waals surface area contributed by atoms with Crippen molar-refractivity contribution in [3.63, 3.8) is 0 Å². The highest BCUT2D eigenvalue weighted by Gasteiger charge is 2.55. The van der Waals surface area contributed by atoms with Crippen molar-refractivity contribution in [2.75, 3.05) is 0 Å². The standard InChI is InChI=1S/C31H21N17/c1-2-3-4-5-6-7-8-9-10-11-12-13-14-20-27-25-31-23-18-17-22-29(31)30(24-26-19-15-16-21-28(26)31)48(27)47-46-45-44-43-42-41-40-39-38-37-36-35-34-33-32/h15-16,19,21,29-30,32H,1,17-18,22-25H2/t29?,30-,31+/m0/s1. The molecular formula is C31H21N17. The van der Waals surface area contributed by atoms with Crippen LogP contribution < -0.4 is 0 Å². The molecule has 2 fully saturated rings. The van der Waals surface area contributed by atoms with Crippen molar-refractivity contribution >= 4 is 0 Å². The molecule has 1 saturated carbocycles. The van der Waals surface area contributed by atoms with Crippen molar-refractivity contribution in [1.29, 1.82) is 5.53 Å². The highest BCUT2D eigenvalue weighted by molar-refractivity contribution is 5.43. The Morgan fingerprint density at radius 3 is 1.81 bits per heavy atom. The van der Waals surface area contributed by atoms with Crippen LogP contribution in [0.25, 0.3) is 0 Å². The first kappa shape index (κ1) is 33.4. The van der Waals surface area contributed by atoms with Gasteiger partial charge in [-0.2, -0.15) is 5.53 Å². The quantitative estimate of drug-likeness (QED) is 0.166. The minimum absolute atomic E-state index is 0.0254. The second kappa shape index (κ2) is 19.0. The van der Waals surface area contributed by atoms with E-state index in [1.165, 1.54) is 11.1 Å². The van der Waals surface area contributed by atoms with Gasteiger partial charge in [0, 0.05) is 11.8 Å². The summed E-state index contributed by atoms with van der Waals surface area (Å²) in [6.45, 7) is 3.35. The normalized spacial score (nSPS) is 20.5. The van der Waals surface area contributed by atoms with Crippen LogP contribution in [0.1, 0.15) is 43.2 Å². The fourth-order valence-corrected chi connectivity index (χ4v) is 5.82. The number of hydrogen-bond donors (Lipinski definition) is 1. The molecule has 17 heteroatoms. The molecule has 1 unspecified atom stereocenters. The summed E-state index contributed by atoms with van der Waals surface area (Å²) in [7, 11) is 0. The average molecular weight is 632 g/mol. The van der Waals surface area contributed by atoms with Crippen molar-refractivity contribution in [3.8, 4) is 0 Å². The minimum atomic E-state index is -0.0384. The minimum Gasteiger partial charge on any atom is -0.237 e. The molecule has 3 atom stereocenters. The summed E-state index contributed by atoms with van der Waals surface area (Å²) in [5.74, 6) is 0.369. The van der Waals surface area contributed by atoms with E-state index in [4.69, 9.17) is 5.53 Å². The first-order valence-electron chi connectivity index (χ1n) is 14.0. The topological polar surface area (TPSA) is 212 Å². The molecule has 1 aliphatic heterocycles. The van der Waals surface area contributed by atoms with Gasteiger partial charge in [-0.1, -0.05) is 42.8 Å². The predicted molar refractivity (Wildman–Crippen MR) is 161 cm³/mol. The maximum Gasteiger partial charge on any atom is 0.0903 e. The summed E-state index contributed by atoms with van der Waals surface area (Å²) in [4.78, 5) is 0. The van der Waals surface area contributed by atoms with Crippen molar-refractivity contribution in [2.45, 2.75) is 50.0 Å². The van der Waals surface area contributed by atoms with Crippen molar-refractivity contribution in [2.24, 2.45) is 84.3 Å². The molecule has 230 valence electrons. The fourth-order valence-electron chi connectivity index (χ4n) is 5.82. The van der Waals surface area contributed by atoms with Gasteiger partial charge in [-0.3, -0.25) is 0 Å². The third-order valence-corrected chi connectivity index (χ3v) is 7.26. The van der Waals surface area contributed by atoms with Crippen LogP contribution in [0.3, 0.4) is 0 Å². The van der Waals surface area contributed by atoms with Gasteiger partial charge in [-0.15, -0.1) is 0 Å². The van der Waals surface area contributed by atoms with E-state index >= 15 is 0 Å². The molecule has 4 rings (SSSR count). The molecule has 0 radical (unpaired) electrons. The number of benzene rings is 1. The van der Waals surface area contributed by atoms with Crippen LogP contribution >= 0.6 is 0 Å². The number of piperidine rings is 1. The Balaban J connectivity index is 1.63. The third-order valence-electron chi connectivity index (χ3n) is 7.26. The summed E-state index contributed by atoms with van der Waals surface area (Å²) in [5, 5.41) is 50.9. The number of fused-ring (bicyclic) bond motifs is 1. The molecule has 17 nitrogen and oxygen atoms in total. The second-order valence-corrected chi connectivity index (χ2v) is 9.56. The molecule has 0 amide bonds. The first-order chi connectivity index (χ1) is 23.8. The Morgan fingerprint density at radius 1 is 0.667 bits per heavy atom. The molecular weight excluding hydrogens is 610 g/mol. The lowest BCUT2D eigenvalue weighted by Gasteiger charge is -2.57. The third kappa shape index (κ3) is 9.49. The molecule has 2 bridgehead atoms. The molecule has 1 aromatic carbocycles. The van der Waals surface area contributed by atoms with E-state index in [9.17, 15) is 0 Å². The number of rotatable bonds is 8. The second-order valence-electron chi connectivity index (χ2n) is 9.56. The van der Waals surface area contributed by atoms with E-state index < -0.39 is 0 Å². The van der Waals surface area contributed by atoms with E-state index in [2.05, 4.69) is 189 Å². The number of hydrogen-bond acceptors (Lipinski definition) is 2. The highest BCUT2D eigenvalue weighted by Crippen LogP contribution is 2.58. The van der Waals surface area contributed by atoms with Crippen LogP contribution in [0.15, 0.2) is 195 Å². The Kier molecular flexibility index (Phi) is 13.2. The van der Waals surface area contributed by atoms with Crippen molar-refractivity contribution in [3.05, 3.63) is 128 Å². The Morgan fingerprint density at radius 2 is 1.21 bits per heavy atom. The van der Waals surface area contributed by atoms with Crippen molar-refractivity contribution in [1.82, 2.24) is 5.01 Å². The molecule has 1 aromatic rings. The molecule has 1 heterocycles. The monoisotopic (exact) mass is 631 g/mol. The Labute approximate surface area is 272 Å². The fraction of sp³-hybridized carbons (Fsp3) is 0.290. The van der Waals surface area contributed by atoms with Crippen LogP contribution in [-0.4, -0.2) is 11.1 Å². The molecule has 3 aliphatic rings. The molecule has 48 heavy (non-hydrogen) atoms. The average Bonchev–Trinajstić information content (AvgIpc) is 3.11. The molecule has 0 aromatic heterocycles. The van der Waals surface area contributed by atoms with Gasteiger partial charge in [0.25, 0.3) is 0 Å². The lowest BCUT2D eigenvalue weighted by Crippen LogP contribution is -2.58. The van der Waals surface area contributed by atoms with E-state index in [-0.39, 0.29) is 11.5 Å². The zero-order chi connectivity index (χ0) is 33.5. The van der Waals surface area contributed by atoms with Gasteiger partial charge < -0.3 is 0 Å². The van der Waals surface area contributed by atoms with E-state index in [0.717, 1.165) is 37.8 Å². The van der Waals surface area contributed by atoms with Gasteiger partial charge in [0.1, 0.15) is 0 Å². The lowest BCUT2D eigenvalue weighted by atomic mass is 9.52. The van der Waals surface area contributed by atoms with Gasteiger partial charge in [0.2, 0.25) is 0 Å². The maximum atomic E-state index is 6.37. The largest absolute Gasteiger partial charge is 0.237 e. The van der Waals surface area contributed by atoms with Gasteiger partial charge >= 0.3 is 0 Å². The summed E-state index contributed by atoms with van der Waals surface area (Å²) in [6.07, 6.45) is 5.92. The van der Waals surface area contributed by atoms with Crippen LogP contribution in [0.5, 0.6) is 0 Å². The summed E-state index contributed by atoms with van der Waals surface area (Å²) in [6, 6.07) is 8.64. The predicted octanol–water partition coefficient (Wildman–Crippen LogP) is 8.95. The summed E-state index contributed by atoms with van der Waals surface area (Å²) >= 11 is 0. The van der Waals surface area contributed by atoms with E-state index in [0.29, 0.717) is 12.3 Å². The molecule has 0 spiro atoms. The molecule has 2 aliphatic carbocycles. The van der Waals surface area contributed by atoms with Crippen molar-refractivity contribution < 1.29 is 0 Å². The van der Waals surface area contributed by atoms with Gasteiger partial charge in [-0.05, 0) is 196 Å². The summed E-state index contributed by atoms with van der Waals surface area (Å²) in [5.41, 5.74) is 46.8. The van der Waals surface area contributed by atoms with Crippen LogP contribution in [0.2, 0.25) is 0 Å². The van der Waals surface area contributed by atoms with Crippen LogP contribution in [0.4, 0.5) is 0 Å². The SMILES string of the molecule is C=C=C=C=C=C=C=C=C=C=C=C=C=C=C=C1C[C@@]23CCCCC2[C@H](Cc2ccccc23)N1N=NN=NN=NN=NN=NN=NN=NN=N.